The first-order valence-electron chi connectivity index (χ1n) is 7.22. The molecular formula is C15H27NO3. The van der Waals surface area contributed by atoms with E-state index in [4.69, 9.17) is 5.11 Å². The van der Waals surface area contributed by atoms with Crippen molar-refractivity contribution < 1.29 is 14.7 Å². The molecule has 4 nitrogen and oxygen atoms in total. The standard InChI is InChI=1S/C15H27NO3/c1-11(15(2,3)4)14(19)16-9-5-6-12(10-16)7-8-13(17)18/h11-12H,5-10H2,1-4H3,(H,17,18). The Balaban J connectivity index is 2.54. The van der Waals surface area contributed by atoms with Gasteiger partial charge in [0.15, 0.2) is 0 Å². The third-order valence-corrected chi connectivity index (χ3v) is 4.27. The van der Waals surface area contributed by atoms with Crippen molar-refractivity contribution in [3.05, 3.63) is 0 Å². The molecule has 0 aliphatic carbocycles. The lowest BCUT2D eigenvalue weighted by molar-refractivity contribution is -0.140. The Morgan fingerprint density at radius 3 is 2.53 bits per heavy atom. The minimum absolute atomic E-state index is 0.00530. The SMILES string of the molecule is CC(C(=O)N1CCCC(CCC(=O)O)C1)C(C)(C)C. The number of nitrogens with zero attached hydrogens (tertiary/aromatic N) is 1. The van der Waals surface area contributed by atoms with Gasteiger partial charge < -0.3 is 10.0 Å². The highest BCUT2D eigenvalue weighted by Gasteiger charge is 2.32. The van der Waals surface area contributed by atoms with Crippen LogP contribution in [0.2, 0.25) is 0 Å². The van der Waals surface area contributed by atoms with Crippen LogP contribution >= 0.6 is 0 Å². The number of likely N-dealkylation sites (tertiary alicyclic amines) is 1. The number of rotatable bonds is 4. The molecule has 0 spiro atoms. The molecule has 0 radical (unpaired) electrons. The van der Waals surface area contributed by atoms with Crippen LogP contribution in [-0.2, 0) is 9.59 Å². The van der Waals surface area contributed by atoms with E-state index in [0.29, 0.717) is 12.3 Å². The van der Waals surface area contributed by atoms with Crippen LogP contribution in [0.5, 0.6) is 0 Å². The first-order chi connectivity index (χ1) is 8.71. The van der Waals surface area contributed by atoms with Gasteiger partial charge in [-0.2, -0.15) is 0 Å². The number of hydrogen-bond donors (Lipinski definition) is 1. The zero-order chi connectivity index (χ0) is 14.6. The molecule has 1 N–H and O–H groups in total. The van der Waals surface area contributed by atoms with Gasteiger partial charge in [0, 0.05) is 25.4 Å². The van der Waals surface area contributed by atoms with Crippen molar-refractivity contribution in [1.29, 1.82) is 0 Å². The number of carboxylic acid groups (broad SMARTS) is 1. The first-order valence-corrected chi connectivity index (χ1v) is 7.22. The fourth-order valence-corrected chi connectivity index (χ4v) is 2.47. The van der Waals surface area contributed by atoms with Gasteiger partial charge >= 0.3 is 5.97 Å². The Bertz CT molecular complexity index is 333. The molecule has 1 rings (SSSR count). The number of carboxylic acids is 1. The van der Waals surface area contributed by atoms with Gasteiger partial charge in [-0.3, -0.25) is 9.59 Å². The molecule has 2 unspecified atom stereocenters. The number of aliphatic carboxylic acids is 1. The summed E-state index contributed by atoms with van der Waals surface area (Å²) in [6.07, 6.45) is 2.93. The van der Waals surface area contributed by atoms with E-state index in [1.165, 1.54) is 0 Å². The Labute approximate surface area is 116 Å². The number of piperidine rings is 1. The summed E-state index contributed by atoms with van der Waals surface area (Å²) >= 11 is 0. The van der Waals surface area contributed by atoms with Gasteiger partial charge in [0.1, 0.15) is 0 Å². The molecule has 4 heteroatoms. The van der Waals surface area contributed by atoms with Crippen LogP contribution in [0.4, 0.5) is 0 Å². The largest absolute Gasteiger partial charge is 0.481 e. The van der Waals surface area contributed by atoms with Gasteiger partial charge in [-0.05, 0) is 30.6 Å². The second kappa shape index (κ2) is 6.40. The lowest BCUT2D eigenvalue weighted by atomic mass is 9.80. The number of carbonyl (C=O) groups is 2. The third kappa shape index (κ3) is 4.84. The van der Waals surface area contributed by atoms with Crippen molar-refractivity contribution in [1.82, 2.24) is 4.90 Å². The molecule has 0 aromatic rings. The van der Waals surface area contributed by atoms with Crippen LogP contribution in [0.25, 0.3) is 0 Å². The van der Waals surface area contributed by atoms with Gasteiger partial charge in [-0.25, -0.2) is 0 Å². The van der Waals surface area contributed by atoms with Gasteiger partial charge in [-0.1, -0.05) is 27.7 Å². The molecule has 2 atom stereocenters. The summed E-state index contributed by atoms with van der Waals surface area (Å²) in [5.74, 6) is -0.175. The van der Waals surface area contributed by atoms with Gasteiger partial charge in [0.25, 0.3) is 0 Å². The van der Waals surface area contributed by atoms with Crippen molar-refractivity contribution in [2.45, 2.75) is 53.4 Å². The zero-order valence-electron chi connectivity index (χ0n) is 12.6. The minimum Gasteiger partial charge on any atom is -0.481 e. The second-order valence-corrected chi connectivity index (χ2v) is 6.81. The summed E-state index contributed by atoms with van der Waals surface area (Å²) < 4.78 is 0. The first kappa shape index (κ1) is 16.0. The third-order valence-electron chi connectivity index (χ3n) is 4.27. The van der Waals surface area contributed by atoms with Crippen molar-refractivity contribution in [3.63, 3.8) is 0 Å². The quantitative estimate of drug-likeness (QED) is 0.853. The molecular weight excluding hydrogens is 242 g/mol. The van der Waals surface area contributed by atoms with Gasteiger partial charge in [0.2, 0.25) is 5.91 Å². The summed E-state index contributed by atoms with van der Waals surface area (Å²) in [4.78, 5) is 25.0. The van der Waals surface area contributed by atoms with E-state index < -0.39 is 5.97 Å². The molecule has 0 saturated carbocycles. The van der Waals surface area contributed by atoms with Crippen molar-refractivity contribution >= 4 is 11.9 Å². The maximum Gasteiger partial charge on any atom is 0.303 e. The molecule has 1 fully saturated rings. The van der Waals surface area contributed by atoms with E-state index in [1.807, 2.05) is 11.8 Å². The zero-order valence-corrected chi connectivity index (χ0v) is 12.6. The molecule has 0 aromatic carbocycles. The molecule has 0 aromatic heterocycles. The summed E-state index contributed by atoms with van der Waals surface area (Å²) in [5.41, 5.74) is -0.0227. The van der Waals surface area contributed by atoms with Crippen LogP contribution in [0, 0.1) is 17.3 Å². The smallest absolute Gasteiger partial charge is 0.303 e. The highest BCUT2D eigenvalue weighted by atomic mass is 16.4. The van der Waals surface area contributed by atoms with Crippen LogP contribution in [0.15, 0.2) is 0 Å². The predicted octanol–water partition coefficient (Wildman–Crippen LogP) is 2.77. The Morgan fingerprint density at radius 1 is 1.37 bits per heavy atom. The van der Waals surface area contributed by atoms with E-state index in [-0.39, 0.29) is 23.7 Å². The van der Waals surface area contributed by atoms with Crippen molar-refractivity contribution in [2.75, 3.05) is 13.1 Å². The summed E-state index contributed by atoms with van der Waals surface area (Å²) in [6, 6.07) is 0. The summed E-state index contributed by atoms with van der Waals surface area (Å²) in [7, 11) is 0. The monoisotopic (exact) mass is 269 g/mol. The lowest BCUT2D eigenvalue weighted by Crippen LogP contribution is -2.45. The fourth-order valence-electron chi connectivity index (χ4n) is 2.47. The predicted molar refractivity (Wildman–Crippen MR) is 74.8 cm³/mol. The van der Waals surface area contributed by atoms with E-state index in [1.54, 1.807) is 0 Å². The maximum atomic E-state index is 12.4. The molecule has 19 heavy (non-hydrogen) atoms. The fraction of sp³-hybridized carbons (Fsp3) is 0.867. The molecule has 1 heterocycles. The summed E-state index contributed by atoms with van der Waals surface area (Å²) in [6.45, 7) is 9.79. The Kier molecular flexibility index (Phi) is 5.39. The average molecular weight is 269 g/mol. The highest BCUT2D eigenvalue weighted by Crippen LogP contribution is 2.29. The van der Waals surface area contributed by atoms with Crippen LogP contribution < -0.4 is 0 Å². The second-order valence-electron chi connectivity index (χ2n) is 6.81. The minimum atomic E-state index is -0.744. The molecule has 1 amide bonds. The molecule has 1 saturated heterocycles. The van der Waals surface area contributed by atoms with E-state index in [9.17, 15) is 9.59 Å². The van der Waals surface area contributed by atoms with E-state index in [0.717, 1.165) is 25.9 Å². The molecule has 1 aliphatic heterocycles. The molecule has 1 aliphatic rings. The summed E-state index contributed by atoms with van der Waals surface area (Å²) in [5, 5.41) is 8.73. The number of carbonyl (C=O) groups excluding carboxylic acids is 1. The van der Waals surface area contributed by atoms with Crippen molar-refractivity contribution in [3.8, 4) is 0 Å². The van der Waals surface area contributed by atoms with E-state index in [2.05, 4.69) is 20.8 Å². The maximum absolute atomic E-state index is 12.4. The number of amides is 1. The van der Waals surface area contributed by atoms with Gasteiger partial charge in [0.05, 0.1) is 0 Å². The number of hydrogen-bond acceptors (Lipinski definition) is 2. The van der Waals surface area contributed by atoms with Crippen LogP contribution in [0.3, 0.4) is 0 Å². The Hall–Kier alpha value is -1.06. The lowest BCUT2D eigenvalue weighted by Gasteiger charge is -2.37. The van der Waals surface area contributed by atoms with E-state index >= 15 is 0 Å². The average Bonchev–Trinajstić information content (AvgIpc) is 2.33. The van der Waals surface area contributed by atoms with Crippen LogP contribution in [-0.4, -0.2) is 35.0 Å². The molecule has 0 bridgehead atoms. The van der Waals surface area contributed by atoms with Gasteiger partial charge in [-0.15, -0.1) is 0 Å². The van der Waals surface area contributed by atoms with Crippen LogP contribution in [0.1, 0.15) is 53.4 Å². The highest BCUT2D eigenvalue weighted by molar-refractivity contribution is 5.79. The normalized spacial score (nSPS) is 22.1. The van der Waals surface area contributed by atoms with Crippen molar-refractivity contribution in [2.24, 2.45) is 17.3 Å². The molecule has 110 valence electrons. The Morgan fingerprint density at radius 2 is 2.00 bits per heavy atom. The topological polar surface area (TPSA) is 57.6 Å².